The summed E-state index contributed by atoms with van der Waals surface area (Å²) < 4.78 is 5.44. The summed E-state index contributed by atoms with van der Waals surface area (Å²) in [4.78, 5) is 0. The minimum Gasteiger partial charge on any atom is -0.377 e. The maximum atomic E-state index is 5.45. The zero-order valence-corrected chi connectivity index (χ0v) is 7.18. The van der Waals surface area contributed by atoms with E-state index in [1.807, 2.05) is 0 Å². The maximum absolute atomic E-state index is 5.45. The second-order valence-electron chi connectivity index (χ2n) is 3.18. The van der Waals surface area contributed by atoms with Gasteiger partial charge in [-0.3, -0.25) is 0 Å². The van der Waals surface area contributed by atoms with E-state index < -0.39 is 0 Å². The summed E-state index contributed by atoms with van der Waals surface area (Å²) >= 11 is 0. The third-order valence-electron chi connectivity index (χ3n) is 2.07. The van der Waals surface area contributed by atoms with Gasteiger partial charge in [-0.2, -0.15) is 0 Å². The highest BCUT2D eigenvalue weighted by Crippen LogP contribution is 2.10. The average molecular weight is 158 g/mol. The minimum atomic E-state index is 0.416. The zero-order valence-electron chi connectivity index (χ0n) is 7.18. The Balaban J connectivity index is 2.01. The van der Waals surface area contributed by atoms with Crippen LogP contribution in [0.4, 0.5) is 0 Å². The quantitative estimate of drug-likeness (QED) is 0.610. The van der Waals surface area contributed by atoms with Gasteiger partial charge in [-0.15, -0.1) is 0 Å². The van der Waals surface area contributed by atoms with Gasteiger partial charge in [0.25, 0.3) is 0 Å². The van der Waals surface area contributed by atoms with Gasteiger partial charge in [0.05, 0.1) is 6.10 Å². The van der Waals surface area contributed by atoms with Crippen molar-refractivity contribution in [3.05, 3.63) is 0 Å². The molecule has 3 N–H and O–H groups in total. The molecule has 0 unspecified atom stereocenters. The molecule has 1 aliphatic heterocycles. The number of hydrogen-bond donors (Lipinski definition) is 2. The van der Waals surface area contributed by atoms with Crippen LogP contribution in [0.25, 0.3) is 0 Å². The Morgan fingerprint density at radius 2 is 2.55 bits per heavy atom. The van der Waals surface area contributed by atoms with Crippen molar-refractivity contribution >= 4 is 0 Å². The molecule has 1 aliphatic rings. The molecule has 0 saturated carbocycles. The summed E-state index contributed by atoms with van der Waals surface area (Å²) in [6.07, 6.45) is 2.84. The summed E-state index contributed by atoms with van der Waals surface area (Å²) in [6, 6.07) is 0.416. The second kappa shape index (κ2) is 4.70. The SMILES string of the molecule is C[C@H](CN)NC[C@@H]1CCCO1. The predicted molar refractivity (Wildman–Crippen MR) is 45.5 cm³/mol. The van der Waals surface area contributed by atoms with Gasteiger partial charge in [-0.05, 0) is 19.8 Å². The molecular weight excluding hydrogens is 140 g/mol. The lowest BCUT2D eigenvalue weighted by Crippen LogP contribution is -2.38. The van der Waals surface area contributed by atoms with E-state index >= 15 is 0 Å². The molecule has 1 saturated heterocycles. The molecule has 0 aromatic heterocycles. The molecule has 11 heavy (non-hydrogen) atoms. The zero-order chi connectivity index (χ0) is 8.10. The van der Waals surface area contributed by atoms with E-state index in [0.717, 1.165) is 13.2 Å². The highest BCUT2D eigenvalue weighted by atomic mass is 16.5. The van der Waals surface area contributed by atoms with Crippen LogP contribution < -0.4 is 11.1 Å². The average Bonchev–Trinajstić information content (AvgIpc) is 2.52. The maximum Gasteiger partial charge on any atom is 0.0700 e. The smallest absolute Gasteiger partial charge is 0.0700 e. The van der Waals surface area contributed by atoms with Crippen molar-refractivity contribution in [2.24, 2.45) is 5.73 Å². The van der Waals surface area contributed by atoms with Crippen molar-refractivity contribution in [3.8, 4) is 0 Å². The number of nitrogens with one attached hydrogen (secondary N) is 1. The normalized spacial score (nSPS) is 27.3. The lowest BCUT2D eigenvalue weighted by molar-refractivity contribution is 0.108. The molecule has 0 amide bonds. The fourth-order valence-electron chi connectivity index (χ4n) is 1.22. The van der Waals surface area contributed by atoms with Crippen LogP contribution in [0.5, 0.6) is 0 Å². The molecule has 1 fully saturated rings. The molecule has 0 aliphatic carbocycles. The topological polar surface area (TPSA) is 47.3 Å². The largest absolute Gasteiger partial charge is 0.377 e. The summed E-state index contributed by atoms with van der Waals surface area (Å²) in [7, 11) is 0. The number of nitrogens with two attached hydrogens (primary N) is 1. The van der Waals surface area contributed by atoms with Gasteiger partial charge in [0.2, 0.25) is 0 Å². The van der Waals surface area contributed by atoms with Crippen molar-refractivity contribution in [1.29, 1.82) is 0 Å². The summed E-state index contributed by atoms with van der Waals surface area (Å²) in [5.41, 5.74) is 5.45. The Morgan fingerprint density at radius 1 is 1.73 bits per heavy atom. The first-order chi connectivity index (χ1) is 5.33. The Labute approximate surface area is 68.3 Å². The first kappa shape index (κ1) is 8.97. The lowest BCUT2D eigenvalue weighted by Gasteiger charge is -2.14. The Kier molecular flexibility index (Phi) is 3.83. The van der Waals surface area contributed by atoms with Gasteiger partial charge in [0.1, 0.15) is 0 Å². The molecule has 3 heteroatoms. The van der Waals surface area contributed by atoms with E-state index in [9.17, 15) is 0 Å². The van der Waals surface area contributed by atoms with Crippen molar-refractivity contribution in [2.75, 3.05) is 19.7 Å². The van der Waals surface area contributed by atoms with Crippen LogP contribution in [0.3, 0.4) is 0 Å². The monoisotopic (exact) mass is 158 g/mol. The summed E-state index contributed by atoms with van der Waals surface area (Å²) in [5, 5.41) is 3.32. The standard InChI is InChI=1S/C8H18N2O/c1-7(5-9)10-6-8-3-2-4-11-8/h7-8,10H,2-6,9H2,1H3/t7-,8+/m1/s1. The molecule has 0 aromatic carbocycles. The van der Waals surface area contributed by atoms with Crippen LogP contribution in [0.1, 0.15) is 19.8 Å². The first-order valence-electron chi connectivity index (χ1n) is 4.38. The highest BCUT2D eigenvalue weighted by molar-refractivity contribution is 4.70. The third kappa shape index (κ3) is 3.18. The van der Waals surface area contributed by atoms with Crippen molar-refractivity contribution in [2.45, 2.75) is 31.9 Å². The van der Waals surface area contributed by atoms with Crippen molar-refractivity contribution < 1.29 is 4.74 Å². The van der Waals surface area contributed by atoms with E-state index in [1.165, 1.54) is 12.8 Å². The Morgan fingerprint density at radius 3 is 3.09 bits per heavy atom. The molecule has 66 valence electrons. The molecule has 3 nitrogen and oxygen atoms in total. The van der Waals surface area contributed by atoms with Crippen LogP contribution in [-0.4, -0.2) is 31.8 Å². The van der Waals surface area contributed by atoms with Crippen LogP contribution in [0.2, 0.25) is 0 Å². The van der Waals surface area contributed by atoms with E-state index in [4.69, 9.17) is 10.5 Å². The van der Waals surface area contributed by atoms with Gasteiger partial charge < -0.3 is 15.8 Å². The van der Waals surface area contributed by atoms with Crippen LogP contribution in [0, 0.1) is 0 Å². The fraction of sp³-hybridized carbons (Fsp3) is 1.00. The van der Waals surface area contributed by atoms with E-state index in [1.54, 1.807) is 0 Å². The van der Waals surface area contributed by atoms with Crippen LogP contribution >= 0.6 is 0 Å². The molecule has 1 rings (SSSR count). The number of ether oxygens (including phenoxy) is 1. The van der Waals surface area contributed by atoms with Gasteiger partial charge >= 0.3 is 0 Å². The second-order valence-corrected chi connectivity index (χ2v) is 3.18. The predicted octanol–water partition coefficient (Wildman–Crippen LogP) is 0.102. The number of rotatable bonds is 4. The van der Waals surface area contributed by atoms with Gasteiger partial charge in [0.15, 0.2) is 0 Å². The van der Waals surface area contributed by atoms with Crippen molar-refractivity contribution in [3.63, 3.8) is 0 Å². The molecule has 0 aromatic rings. The molecule has 0 spiro atoms. The van der Waals surface area contributed by atoms with E-state index in [0.29, 0.717) is 18.7 Å². The summed E-state index contributed by atoms with van der Waals surface area (Å²) in [5.74, 6) is 0. The van der Waals surface area contributed by atoms with E-state index in [-0.39, 0.29) is 0 Å². The van der Waals surface area contributed by atoms with Crippen LogP contribution in [0.15, 0.2) is 0 Å². The Hall–Kier alpha value is -0.120. The Bertz CT molecular complexity index is 102. The molecule has 1 heterocycles. The molecule has 0 radical (unpaired) electrons. The van der Waals surface area contributed by atoms with Gasteiger partial charge in [-0.1, -0.05) is 0 Å². The molecular formula is C8H18N2O. The van der Waals surface area contributed by atoms with E-state index in [2.05, 4.69) is 12.2 Å². The van der Waals surface area contributed by atoms with Crippen LogP contribution in [-0.2, 0) is 4.74 Å². The number of hydrogen-bond acceptors (Lipinski definition) is 3. The lowest BCUT2D eigenvalue weighted by atomic mass is 10.2. The molecule has 0 bridgehead atoms. The van der Waals surface area contributed by atoms with Crippen molar-refractivity contribution in [1.82, 2.24) is 5.32 Å². The highest BCUT2D eigenvalue weighted by Gasteiger charge is 2.15. The fourth-order valence-corrected chi connectivity index (χ4v) is 1.22. The van der Waals surface area contributed by atoms with Gasteiger partial charge in [0, 0.05) is 25.7 Å². The minimum absolute atomic E-state index is 0.416. The third-order valence-corrected chi connectivity index (χ3v) is 2.07. The first-order valence-corrected chi connectivity index (χ1v) is 4.38. The molecule has 2 atom stereocenters. The summed E-state index contributed by atoms with van der Waals surface area (Å²) in [6.45, 7) is 4.68. The van der Waals surface area contributed by atoms with Gasteiger partial charge in [-0.25, -0.2) is 0 Å².